The van der Waals surface area contributed by atoms with Gasteiger partial charge in [0.15, 0.2) is 0 Å². The van der Waals surface area contributed by atoms with Gasteiger partial charge in [0.25, 0.3) is 0 Å². The summed E-state index contributed by atoms with van der Waals surface area (Å²) in [6.45, 7) is 3.48. The predicted molar refractivity (Wildman–Crippen MR) is 108 cm³/mol. The molecule has 1 aromatic rings. The molecule has 1 N–H and O–H groups in total. The first kappa shape index (κ1) is 22.8. The average Bonchev–Trinajstić information content (AvgIpc) is 3.39. The molecule has 3 aliphatic rings. The van der Waals surface area contributed by atoms with E-state index in [0.29, 0.717) is 31.4 Å². The van der Waals surface area contributed by atoms with Gasteiger partial charge in [0.2, 0.25) is 11.8 Å². The summed E-state index contributed by atoms with van der Waals surface area (Å²) in [5, 5.41) is 2.97. The number of hydrogen-bond acceptors (Lipinski definition) is 4. The van der Waals surface area contributed by atoms with E-state index in [1.54, 1.807) is 13.0 Å². The van der Waals surface area contributed by atoms with E-state index >= 15 is 0 Å². The third-order valence-electron chi connectivity index (χ3n) is 6.70. The Bertz CT molecular complexity index is 749. The van der Waals surface area contributed by atoms with Crippen LogP contribution >= 0.6 is 0 Å². The third kappa shape index (κ3) is 4.74. The maximum absolute atomic E-state index is 14.0. The van der Waals surface area contributed by atoms with Crippen molar-refractivity contribution >= 4 is 5.91 Å². The Labute approximate surface area is 177 Å². The molecule has 0 radical (unpaired) electrons. The SMILES string of the molecule is CC.CC1(F)CCC2(CC1)CC2C(=O)NCC1(c2ccnc(OC(F)F)c2)CCO1.[HH]. The number of carbonyl (C=O) groups excluding carboxylic acids is 1. The molecule has 0 aromatic carbocycles. The fourth-order valence-electron chi connectivity index (χ4n) is 4.56. The first-order chi connectivity index (χ1) is 14.2. The highest BCUT2D eigenvalue weighted by Gasteiger charge is 2.60. The van der Waals surface area contributed by atoms with Gasteiger partial charge < -0.3 is 14.8 Å². The van der Waals surface area contributed by atoms with E-state index in [1.807, 2.05) is 13.8 Å². The van der Waals surface area contributed by atoms with Gasteiger partial charge in [-0.25, -0.2) is 9.37 Å². The van der Waals surface area contributed by atoms with E-state index < -0.39 is 17.9 Å². The van der Waals surface area contributed by atoms with E-state index in [9.17, 15) is 18.0 Å². The van der Waals surface area contributed by atoms with Gasteiger partial charge in [0.05, 0.1) is 13.2 Å². The second-order valence-electron chi connectivity index (χ2n) is 8.60. The molecule has 30 heavy (non-hydrogen) atoms. The number of ether oxygens (including phenoxy) is 2. The quantitative estimate of drug-likeness (QED) is 0.690. The molecule has 1 aliphatic heterocycles. The van der Waals surface area contributed by atoms with Gasteiger partial charge in [0, 0.05) is 26.0 Å². The van der Waals surface area contributed by atoms with Crippen molar-refractivity contribution in [3.63, 3.8) is 0 Å². The lowest BCUT2D eigenvalue weighted by Gasteiger charge is -2.42. The Kier molecular flexibility index (Phi) is 6.65. The van der Waals surface area contributed by atoms with Crippen LogP contribution in [-0.4, -0.2) is 36.3 Å². The normalized spacial score (nSPS) is 34.6. The topological polar surface area (TPSA) is 60.5 Å². The highest BCUT2D eigenvalue weighted by atomic mass is 19.3. The minimum Gasteiger partial charge on any atom is -0.417 e. The fourth-order valence-corrected chi connectivity index (χ4v) is 4.56. The minimum atomic E-state index is -2.95. The Morgan fingerprint density at radius 2 is 2.00 bits per heavy atom. The van der Waals surface area contributed by atoms with E-state index in [4.69, 9.17) is 4.74 Å². The Morgan fingerprint density at radius 1 is 1.33 bits per heavy atom. The van der Waals surface area contributed by atoms with E-state index in [-0.39, 0.29) is 31.1 Å². The molecule has 1 spiro atoms. The number of halogens is 3. The lowest BCUT2D eigenvalue weighted by molar-refractivity contribution is -0.156. The number of nitrogens with zero attached hydrogens (tertiary/aromatic N) is 1. The van der Waals surface area contributed by atoms with Crippen molar-refractivity contribution in [2.75, 3.05) is 13.2 Å². The van der Waals surface area contributed by atoms with Gasteiger partial charge in [-0.05, 0) is 56.1 Å². The Morgan fingerprint density at radius 3 is 2.57 bits per heavy atom. The molecule has 1 aromatic heterocycles. The molecule has 3 fully saturated rings. The van der Waals surface area contributed by atoms with Crippen molar-refractivity contribution in [1.29, 1.82) is 0 Å². The van der Waals surface area contributed by atoms with Crippen LogP contribution < -0.4 is 10.1 Å². The van der Waals surface area contributed by atoms with Crippen molar-refractivity contribution in [2.24, 2.45) is 11.3 Å². The maximum atomic E-state index is 14.0. The first-order valence-corrected chi connectivity index (χ1v) is 10.8. The number of alkyl halides is 3. The lowest BCUT2D eigenvalue weighted by atomic mass is 9.77. The highest BCUT2D eigenvalue weighted by molar-refractivity contribution is 5.82. The molecule has 0 bridgehead atoms. The molecule has 2 unspecified atom stereocenters. The summed E-state index contributed by atoms with van der Waals surface area (Å²) in [5.74, 6) is -0.280. The molecule has 2 aliphatic carbocycles. The zero-order chi connectivity index (χ0) is 22.0. The zero-order valence-electron chi connectivity index (χ0n) is 17.8. The van der Waals surface area contributed by atoms with E-state index in [2.05, 4.69) is 15.0 Å². The van der Waals surface area contributed by atoms with Gasteiger partial charge in [-0.3, -0.25) is 4.79 Å². The average molecular weight is 431 g/mol. The third-order valence-corrected chi connectivity index (χ3v) is 6.70. The van der Waals surface area contributed by atoms with Crippen LogP contribution in [0.15, 0.2) is 18.3 Å². The maximum Gasteiger partial charge on any atom is 0.388 e. The van der Waals surface area contributed by atoms with Crippen molar-refractivity contribution in [3.8, 4) is 5.88 Å². The summed E-state index contributed by atoms with van der Waals surface area (Å²) < 4.78 is 49.0. The summed E-state index contributed by atoms with van der Waals surface area (Å²) in [7, 11) is 0. The molecule has 1 saturated heterocycles. The number of aromatic nitrogens is 1. The molecule has 4 rings (SSSR count). The zero-order valence-corrected chi connectivity index (χ0v) is 17.8. The monoisotopic (exact) mass is 430 g/mol. The van der Waals surface area contributed by atoms with E-state index in [1.165, 1.54) is 12.3 Å². The predicted octanol–water partition coefficient (Wildman–Crippen LogP) is 5.00. The Hall–Kier alpha value is -1.83. The van der Waals surface area contributed by atoms with Crippen molar-refractivity contribution < 1.29 is 28.9 Å². The van der Waals surface area contributed by atoms with Crippen molar-refractivity contribution in [1.82, 2.24) is 10.3 Å². The van der Waals surface area contributed by atoms with Crippen LogP contribution in [0.1, 0.15) is 66.3 Å². The van der Waals surface area contributed by atoms with Crippen LogP contribution in [0.2, 0.25) is 0 Å². The molecule has 2 atom stereocenters. The van der Waals surface area contributed by atoms with Crippen LogP contribution in [0.5, 0.6) is 5.88 Å². The molecule has 5 nitrogen and oxygen atoms in total. The number of rotatable bonds is 6. The summed E-state index contributed by atoms with van der Waals surface area (Å²) in [4.78, 5) is 16.5. The number of pyridine rings is 1. The molecular weight excluding hydrogens is 397 g/mol. The lowest BCUT2D eigenvalue weighted by Crippen LogP contribution is -2.50. The van der Waals surface area contributed by atoms with Crippen molar-refractivity contribution in [3.05, 3.63) is 23.9 Å². The molecular formula is C22H33F3N2O3. The van der Waals surface area contributed by atoms with Gasteiger partial charge in [-0.2, -0.15) is 8.78 Å². The summed E-state index contributed by atoms with van der Waals surface area (Å²) in [6.07, 6.45) is 5.38. The second kappa shape index (κ2) is 8.73. The van der Waals surface area contributed by atoms with Crippen LogP contribution in [0.25, 0.3) is 0 Å². The van der Waals surface area contributed by atoms with E-state index in [0.717, 1.165) is 19.3 Å². The molecule has 170 valence electrons. The number of amides is 1. The Balaban J connectivity index is 0.00000111. The molecule has 1 amide bonds. The molecule has 2 heterocycles. The smallest absolute Gasteiger partial charge is 0.388 e. The number of hydrogen-bond donors (Lipinski definition) is 1. The molecule has 2 saturated carbocycles. The van der Waals surface area contributed by atoms with Crippen LogP contribution in [0.3, 0.4) is 0 Å². The number of nitrogens with one attached hydrogen (secondary N) is 1. The second-order valence-corrected chi connectivity index (χ2v) is 8.60. The first-order valence-electron chi connectivity index (χ1n) is 10.8. The van der Waals surface area contributed by atoms with Crippen LogP contribution in [-0.2, 0) is 15.1 Å². The highest BCUT2D eigenvalue weighted by Crippen LogP contribution is 2.63. The summed E-state index contributed by atoms with van der Waals surface area (Å²) in [6, 6.07) is 3.12. The van der Waals surface area contributed by atoms with Crippen LogP contribution in [0, 0.1) is 11.3 Å². The fraction of sp³-hybridized carbons (Fsp3) is 0.727. The minimum absolute atomic E-state index is 0. The summed E-state index contributed by atoms with van der Waals surface area (Å²) in [5.41, 5.74) is -1.25. The van der Waals surface area contributed by atoms with Gasteiger partial charge in [-0.1, -0.05) is 13.8 Å². The largest absolute Gasteiger partial charge is 0.417 e. The summed E-state index contributed by atoms with van der Waals surface area (Å²) >= 11 is 0. The van der Waals surface area contributed by atoms with Crippen molar-refractivity contribution in [2.45, 2.75) is 77.2 Å². The van der Waals surface area contributed by atoms with Gasteiger partial charge >= 0.3 is 6.61 Å². The van der Waals surface area contributed by atoms with Gasteiger partial charge in [-0.15, -0.1) is 0 Å². The number of carbonyl (C=O) groups is 1. The molecule has 8 heteroatoms. The van der Waals surface area contributed by atoms with Gasteiger partial charge in [0.1, 0.15) is 11.3 Å². The van der Waals surface area contributed by atoms with Crippen LogP contribution in [0.4, 0.5) is 13.2 Å². The standard InChI is InChI=1S/C20H25F3N2O3.C2H6.H2/c1-18(23)3-5-19(6-4-18)11-14(19)16(26)25-12-20(7-9-27-20)13-2-8-24-15(10-13)28-17(21)22;1-2;/h2,8,10,14,17H,3-7,9,11-12H2,1H3,(H,25,26);1-2H3;1H.